The highest BCUT2D eigenvalue weighted by molar-refractivity contribution is 6.31. The smallest absolute Gasteiger partial charge is 0.422 e. The van der Waals surface area contributed by atoms with Crippen LogP contribution in [0.4, 0.5) is 13.2 Å². The van der Waals surface area contributed by atoms with E-state index in [-0.39, 0.29) is 23.4 Å². The summed E-state index contributed by atoms with van der Waals surface area (Å²) in [6.07, 6.45) is -4.72. The van der Waals surface area contributed by atoms with Crippen molar-refractivity contribution in [3.8, 4) is 5.75 Å². The summed E-state index contributed by atoms with van der Waals surface area (Å²) in [4.78, 5) is 29.0. The molecular formula is C18H15ClF3N3O4. The van der Waals surface area contributed by atoms with Gasteiger partial charge in [0.05, 0.1) is 6.54 Å². The predicted molar refractivity (Wildman–Crippen MR) is 98.8 cm³/mol. The summed E-state index contributed by atoms with van der Waals surface area (Å²) < 4.78 is 45.0. The van der Waals surface area contributed by atoms with E-state index in [1.165, 1.54) is 18.5 Å². The van der Waals surface area contributed by atoms with E-state index in [2.05, 4.69) is 4.98 Å². The molecule has 2 aromatic heterocycles. The van der Waals surface area contributed by atoms with E-state index in [1.807, 2.05) is 0 Å². The first-order chi connectivity index (χ1) is 13.5. The van der Waals surface area contributed by atoms with Crippen molar-refractivity contribution >= 4 is 28.6 Å². The number of hydrogen-bond acceptors (Lipinski definition) is 4. The van der Waals surface area contributed by atoms with Crippen LogP contribution in [0, 0.1) is 6.92 Å². The van der Waals surface area contributed by atoms with Crippen LogP contribution in [-0.2, 0) is 13.6 Å². The minimum atomic E-state index is -4.72. The molecule has 0 aliphatic rings. The van der Waals surface area contributed by atoms with Gasteiger partial charge in [0.15, 0.2) is 23.7 Å². The van der Waals surface area contributed by atoms with Crippen molar-refractivity contribution in [3.05, 3.63) is 56.7 Å². The molecule has 2 heterocycles. The molecular weight excluding hydrogens is 415 g/mol. The largest absolute Gasteiger partial charge is 0.481 e. The Labute approximate surface area is 166 Å². The number of benzene rings is 1. The van der Waals surface area contributed by atoms with Crippen LogP contribution in [0.1, 0.15) is 21.9 Å². The molecule has 0 bridgehead atoms. The van der Waals surface area contributed by atoms with Gasteiger partial charge in [-0.3, -0.25) is 9.36 Å². The number of aromatic nitrogens is 3. The lowest BCUT2D eigenvalue weighted by Crippen LogP contribution is -2.25. The maximum absolute atomic E-state index is 13.1. The molecule has 1 aromatic carbocycles. The summed E-state index contributed by atoms with van der Waals surface area (Å²) in [6, 6.07) is 6.75. The van der Waals surface area contributed by atoms with Crippen LogP contribution >= 0.6 is 11.6 Å². The normalized spacial score (nSPS) is 11.8. The number of aryl methyl sites for hydroxylation is 2. The van der Waals surface area contributed by atoms with Crippen LogP contribution in [0.25, 0.3) is 11.0 Å². The average Bonchev–Trinajstić information content (AvgIpc) is 2.90. The van der Waals surface area contributed by atoms with Crippen molar-refractivity contribution in [1.82, 2.24) is 14.1 Å². The van der Waals surface area contributed by atoms with Gasteiger partial charge >= 0.3 is 12.1 Å². The number of halogens is 4. The van der Waals surface area contributed by atoms with E-state index in [0.29, 0.717) is 10.6 Å². The van der Waals surface area contributed by atoms with Gasteiger partial charge in [0.2, 0.25) is 0 Å². The van der Waals surface area contributed by atoms with Crippen molar-refractivity contribution in [2.75, 3.05) is 6.61 Å². The van der Waals surface area contributed by atoms with E-state index in [9.17, 15) is 27.9 Å². The van der Waals surface area contributed by atoms with Gasteiger partial charge in [-0.05, 0) is 18.6 Å². The van der Waals surface area contributed by atoms with Crippen LogP contribution in [0.2, 0.25) is 5.02 Å². The number of aromatic carboxylic acids is 1. The molecule has 0 unspecified atom stereocenters. The van der Waals surface area contributed by atoms with Crippen molar-refractivity contribution in [1.29, 1.82) is 0 Å². The number of alkyl halides is 3. The number of ether oxygens (including phenoxy) is 1. The fourth-order valence-electron chi connectivity index (χ4n) is 2.98. The lowest BCUT2D eigenvalue weighted by molar-refractivity contribution is -0.153. The monoisotopic (exact) mass is 429 g/mol. The number of nitrogens with zero attached hydrogens (tertiary/aromatic N) is 3. The van der Waals surface area contributed by atoms with Gasteiger partial charge in [0.1, 0.15) is 11.2 Å². The summed E-state index contributed by atoms with van der Waals surface area (Å²) in [6.45, 7) is -0.213. The average molecular weight is 430 g/mol. The van der Waals surface area contributed by atoms with Gasteiger partial charge in [-0.1, -0.05) is 29.8 Å². The number of hydrogen-bond donors (Lipinski definition) is 1. The van der Waals surface area contributed by atoms with Crippen LogP contribution < -0.4 is 10.3 Å². The number of carbonyl (C=O) groups is 1. The fraction of sp³-hybridized carbons (Fsp3) is 0.278. The first-order valence-corrected chi connectivity index (χ1v) is 8.65. The lowest BCUT2D eigenvalue weighted by Gasteiger charge is -2.12. The predicted octanol–water partition coefficient (Wildman–Crippen LogP) is 3.38. The zero-order chi connectivity index (χ0) is 21.5. The molecule has 3 rings (SSSR count). The van der Waals surface area contributed by atoms with Crippen LogP contribution in [0.15, 0.2) is 29.1 Å². The minimum Gasteiger partial charge on any atom is -0.481 e. The Morgan fingerprint density at radius 1 is 1.31 bits per heavy atom. The summed E-state index contributed by atoms with van der Waals surface area (Å²) in [5, 5.41) is 9.50. The summed E-state index contributed by atoms with van der Waals surface area (Å²) in [5.74, 6) is -1.97. The zero-order valence-electron chi connectivity index (χ0n) is 15.2. The molecule has 7 nitrogen and oxygen atoms in total. The molecule has 0 aliphatic carbocycles. The highest BCUT2D eigenvalue weighted by Crippen LogP contribution is 2.31. The van der Waals surface area contributed by atoms with Crippen molar-refractivity contribution < 1.29 is 27.8 Å². The van der Waals surface area contributed by atoms with E-state index in [1.54, 1.807) is 24.3 Å². The van der Waals surface area contributed by atoms with E-state index >= 15 is 0 Å². The van der Waals surface area contributed by atoms with Crippen LogP contribution in [0.3, 0.4) is 0 Å². The van der Waals surface area contributed by atoms with Gasteiger partial charge in [0.25, 0.3) is 5.56 Å². The molecule has 0 radical (unpaired) electrons. The molecule has 3 aromatic rings. The molecule has 1 N–H and O–H groups in total. The third-order valence-electron chi connectivity index (χ3n) is 4.31. The Morgan fingerprint density at radius 3 is 2.55 bits per heavy atom. The van der Waals surface area contributed by atoms with Gasteiger partial charge in [-0.2, -0.15) is 13.2 Å². The Balaban J connectivity index is 2.25. The second-order valence-corrected chi connectivity index (χ2v) is 6.69. The first kappa shape index (κ1) is 20.7. The van der Waals surface area contributed by atoms with Crippen LogP contribution in [-0.4, -0.2) is 38.0 Å². The molecule has 0 saturated heterocycles. The highest BCUT2D eigenvalue weighted by atomic mass is 35.5. The van der Waals surface area contributed by atoms with Crippen LogP contribution in [0.5, 0.6) is 5.75 Å². The molecule has 11 heteroatoms. The second-order valence-electron chi connectivity index (χ2n) is 6.29. The minimum absolute atomic E-state index is 0.00326. The van der Waals surface area contributed by atoms with Crippen molar-refractivity contribution in [3.63, 3.8) is 0 Å². The number of rotatable bonds is 5. The zero-order valence-corrected chi connectivity index (χ0v) is 16.0. The van der Waals surface area contributed by atoms with Gasteiger partial charge in [0, 0.05) is 12.1 Å². The molecule has 0 aliphatic heterocycles. The molecule has 0 saturated carbocycles. The standard InChI is InChI=1S/C18H15ClF3N3O4/c1-9-23-15-12(16(26)25(9)7-10-5-3-4-6-11(10)19)14(29-8-18(20,21)22)13(17(27)28)24(15)2/h3-6H,7-8H2,1-2H3,(H,27,28). The number of fused-ring (bicyclic) bond motifs is 1. The number of carboxylic acid groups (broad SMARTS) is 1. The van der Waals surface area contributed by atoms with Gasteiger partial charge in [-0.15, -0.1) is 0 Å². The van der Waals surface area contributed by atoms with E-state index in [4.69, 9.17) is 16.3 Å². The first-order valence-electron chi connectivity index (χ1n) is 8.27. The quantitative estimate of drug-likeness (QED) is 0.672. The summed E-state index contributed by atoms with van der Waals surface area (Å²) >= 11 is 6.13. The molecule has 0 fully saturated rings. The van der Waals surface area contributed by atoms with Gasteiger partial charge in [-0.25, -0.2) is 9.78 Å². The van der Waals surface area contributed by atoms with Crippen molar-refractivity contribution in [2.24, 2.45) is 7.05 Å². The molecule has 0 atom stereocenters. The second kappa shape index (κ2) is 7.43. The third kappa shape index (κ3) is 3.93. The molecule has 0 amide bonds. The Bertz CT molecular complexity index is 1170. The molecule has 154 valence electrons. The molecule has 0 spiro atoms. The van der Waals surface area contributed by atoms with Crippen molar-refractivity contribution in [2.45, 2.75) is 19.6 Å². The Morgan fingerprint density at radius 2 is 1.97 bits per heavy atom. The van der Waals surface area contributed by atoms with Gasteiger partial charge < -0.3 is 14.4 Å². The fourth-order valence-corrected chi connectivity index (χ4v) is 3.18. The Kier molecular flexibility index (Phi) is 5.31. The third-order valence-corrected chi connectivity index (χ3v) is 4.67. The topological polar surface area (TPSA) is 86.3 Å². The Hall–Kier alpha value is -3.01. The number of carboxylic acids is 1. The lowest BCUT2D eigenvalue weighted by atomic mass is 10.2. The summed E-state index contributed by atoms with van der Waals surface area (Å²) in [5.41, 5.74) is -0.818. The SMILES string of the molecule is Cc1nc2c(c(OCC(F)(F)F)c(C(=O)O)n2C)c(=O)n1Cc1ccccc1Cl. The maximum Gasteiger partial charge on any atom is 0.422 e. The summed E-state index contributed by atoms with van der Waals surface area (Å²) in [7, 11) is 1.29. The van der Waals surface area contributed by atoms with E-state index < -0.39 is 35.8 Å². The van der Waals surface area contributed by atoms with E-state index in [0.717, 1.165) is 4.57 Å². The molecule has 29 heavy (non-hydrogen) atoms. The maximum atomic E-state index is 13.1. The highest BCUT2D eigenvalue weighted by Gasteiger charge is 2.33.